The summed E-state index contributed by atoms with van der Waals surface area (Å²) in [5, 5.41) is 12.7. The van der Waals surface area contributed by atoms with Crippen LogP contribution in [0.15, 0.2) is 36.4 Å². The Labute approximate surface area is 186 Å². The van der Waals surface area contributed by atoms with Gasteiger partial charge in [0.2, 0.25) is 11.8 Å². The molecular weight excluding hydrogens is 418 g/mol. The van der Waals surface area contributed by atoms with Crippen LogP contribution in [-0.4, -0.2) is 59.8 Å². The number of aromatic nitrogens is 1. The van der Waals surface area contributed by atoms with Crippen molar-refractivity contribution in [3.63, 3.8) is 0 Å². The molecule has 4 N–H and O–H groups in total. The van der Waals surface area contributed by atoms with E-state index < -0.39 is 18.1 Å². The zero-order chi connectivity index (χ0) is 23.5. The SMILES string of the molecule is Cc1ccc(NC(=O)C2(c3ccccc3C(C)C)CN(CC(O)CN)C2)c(OC(F)F)n1. The molecule has 0 spiro atoms. The van der Waals surface area contributed by atoms with Crippen molar-refractivity contribution in [3.05, 3.63) is 53.2 Å². The highest BCUT2D eigenvalue weighted by molar-refractivity contribution is 6.01. The number of likely N-dealkylation sites (tertiary alicyclic amines) is 1. The molecule has 32 heavy (non-hydrogen) atoms. The Hall–Kier alpha value is -2.62. The zero-order valence-electron chi connectivity index (χ0n) is 18.5. The lowest BCUT2D eigenvalue weighted by Gasteiger charge is -2.50. The van der Waals surface area contributed by atoms with Gasteiger partial charge in [-0.25, -0.2) is 4.98 Å². The van der Waals surface area contributed by atoms with Crippen LogP contribution in [0.25, 0.3) is 0 Å². The van der Waals surface area contributed by atoms with Gasteiger partial charge < -0.3 is 20.9 Å². The molecule has 2 aromatic rings. The van der Waals surface area contributed by atoms with Gasteiger partial charge >= 0.3 is 6.61 Å². The molecule has 0 radical (unpaired) electrons. The quantitative estimate of drug-likeness (QED) is 0.545. The van der Waals surface area contributed by atoms with Gasteiger partial charge in [-0.05, 0) is 36.1 Å². The molecule has 7 nitrogen and oxygen atoms in total. The minimum atomic E-state index is -3.06. The van der Waals surface area contributed by atoms with Gasteiger partial charge in [0.05, 0.1) is 11.5 Å². The number of nitrogens with one attached hydrogen (secondary N) is 1. The van der Waals surface area contributed by atoms with Gasteiger partial charge in [-0.1, -0.05) is 38.1 Å². The number of aliphatic hydroxyl groups excluding tert-OH is 1. The number of ether oxygens (including phenoxy) is 1. The molecule has 1 aliphatic heterocycles. The lowest BCUT2D eigenvalue weighted by molar-refractivity contribution is -0.129. The fourth-order valence-electron chi connectivity index (χ4n) is 4.14. The molecule has 9 heteroatoms. The molecule has 1 aromatic carbocycles. The Bertz CT molecular complexity index is 949. The average Bonchev–Trinajstić information content (AvgIpc) is 2.71. The molecule has 2 heterocycles. The largest absolute Gasteiger partial charge is 0.415 e. The first-order valence-electron chi connectivity index (χ1n) is 10.6. The predicted molar refractivity (Wildman–Crippen MR) is 118 cm³/mol. The molecule has 1 amide bonds. The average molecular weight is 449 g/mol. The first kappa shape index (κ1) is 24.0. The number of nitrogens with zero attached hydrogens (tertiary/aromatic N) is 2. The summed E-state index contributed by atoms with van der Waals surface area (Å²) >= 11 is 0. The van der Waals surface area contributed by atoms with E-state index in [-0.39, 0.29) is 29.9 Å². The van der Waals surface area contributed by atoms with E-state index in [0.717, 1.165) is 11.1 Å². The van der Waals surface area contributed by atoms with Crippen molar-refractivity contribution >= 4 is 11.6 Å². The summed E-state index contributed by atoms with van der Waals surface area (Å²) in [6, 6.07) is 10.9. The molecular formula is C23H30F2N4O3. The van der Waals surface area contributed by atoms with E-state index in [1.807, 2.05) is 29.2 Å². The molecule has 1 aromatic heterocycles. The molecule has 0 aliphatic carbocycles. The third kappa shape index (κ3) is 5.06. The molecule has 1 fully saturated rings. The monoisotopic (exact) mass is 448 g/mol. The Morgan fingerprint density at radius 1 is 1.28 bits per heavy atom. The van der Waals surface area contributed by atoms with E-state index in [9.17, 15) is 18.7 Å². The summed E-state index contributed by atoms with van der Waals surface area (Å²) in [4.78, 5) is 19.6. The number of alkyl halides is 2. The summed E-state index contributed by atoms with van der Waals surface area (Å²) in [7, 11) is 0. The smallest absolute Gasteiger partial charge is 0.388 e. The number of carbonyl (C=O) groups is 1. The van der Waals surface area contributed by atoms with Crippen molar-refractivity contribution in [2.24, 2.45) is 5.73 Å². The van der Waals surface area contributed by atoms with Gasteiger partial charge in [-0.2, -0.15) is 8.78 Å². The number of rotatable bonds is 9. The molecule has 0 saturated carbocycles. The maximum atomic E-state index is 13.6. The van der Waals surface area contributed by atoms with Gasteiger partial charge in [0.15, 0.2) is 0 Å². The number of aliphatic hydroxyl groups is 1. The summed E-state index contributed by atoms with van der Waals surface area (Å²) < 4.78 is 30.3. The zero-order valence-corrected chi connectivity index (χ0v) is 18.5. The fourth-order valence-corrected chi connectivity index (χ4v) is 4.14. The van der Waals surface area contributed by atoms with Crippen LogP contribution >= 0.6 is 0 Å². The van der Waals surface area contributed by atoms with Crippen LogP contribution in [-0.2, 0) is 10.2 Å². The first-order valence-corrected chi connectivity index (χ1v) is 10.6. The number of amides is 1. The van der Waals surface area contributed by atoms with Crippen molar-refractivity contribution in [3.8, 4) is 5.88 Å². The van der Waals surface area contributed by atoms with Gasteiger partial charge in [0.25, 0.3) is 0 Å². The Kier molecular flexibility index (Phi) is 7.43. The molecule has 0 bridgehead atoms. The number of aryl methyl sites for hydroxylation is 1. The lowest BCUT2D eigenvalue weighted by atomic mass is 9.69. The van der Waals surface area contributed by atoms with Gasteiger partial charge in [-0.3, -0.25) is 9.69 Å². The number of anilines is 1. The number of nitrogens with two attached hydrogens (primary N) is 1. The highest BCUT2D eigenvalue weighted by Gasteiger charge is 2.52. The highest BCUT2D eigenvalue weighted by Crippen LogP contribution is 2.40. The van der Waals surface area contributed by atoms with Crippen molar-refractivity contribution in [2.45, 2.75) is 44.8 Å². The van der Waals surface area contributed by atoms with Crippen LogP contribution in [0.2, 0.25) is 0 Å². The predicted octanol–water partition coefficient (Wildman–Crippen LogP) is 2.63. The van der Waals surface area contributed by atoms with Gasteiger partial charge in [0, 0.05) is 31.9 Å². The Morgan fingerprint density at radius 3 is 2.59 bits per heavy atom. The van der Waals surface area contributed by atoms with Crippen molar-refractivity contribution < 1.29 is 23.4 Å². The van der Waals surface area contributed by atoms with Crippen LogP contribution in [0.5, 0.6) is 5.88 Å². The molecule has 1 unspecified atom stereocenters. The Morgan fingerprint density at radius 2 is 1.97 bits per heavy atom. The van der Waals surface area contributed by atoms with Crippen molar-refractivity contribution in [1.82, 2.24) is 9.88 Å². The standard InChI is InChI=1S/C23H30F2N4O3/c1-14(2)17-6-4-5-7-18(17)23(12-29(13-23)11-16(30)10-26)21(31)28-19-9-8-15(3)27-20(19)32-22(24)25/h4-9,14,16,22,30H,10-13,26H2,1-3H3,(H,28,31). The molecule has 174 valence electrons. The number of benzene rings is 1. The Balaban J connectivity index is 1.95. The number of pyridine rings is 1. The number of carbonyl (C=O) groups excluding carboxylic acids is 1. The molecule has 1 atom stereocenters. The van der Waals surface area contributed by atoms with Crippen molar-refractivity contribution in [1.29, 1.82) is 0 Å². The maximum absolute atomic E-state index is 13.6. The summed E-state index contributed by atoms with van der Waals surface area (Å²) in [5.74, 6) is -0.484. The van der Waals surface area contributed by atoms with E-state index in [2.05, 4.69) is 28.9 Å². The van der Waals surface area contributed by atoms with E-state index >= 15 is 0 Å². The van der Waals surface area contributed by atoms with Crippen LogP contribution in [0.3, 0.4) is 0 Å². The second-order valence-electron chi connectivity index (χ2n) is 8.52. The number of β-amino-alcohol motifs (C(OH)–C–C–N with tert-alkyl or cyclic N) is 1. The van der Waals surface area contributed by atoms with E-state index in [1.165, 1.54) is 6.07 Å². The lowest BCUT2D eigenvalue weighted by Crippen LogP contribution is -2.66. The minimum Gasteiger partial charge on any atom is -0.415 e. The van der Waals surface area contributed by atoms with E-state index in [1.54, 1.807) is 13.0 Å². The van der Waals surface area contributed by atoms with Crippen LogP contribution in [0, 0.1) is 6.92 Å². The maximum Gasteiger partial charge on any atom is 0.388 e. The molecule has 1 aliphatic rings. The van der Waals surface area contributed by atoms with Crippen LogP contribution < -0.4 is 15.8 Å². The van der Waals surface area contributed by atoms with Crippen LogP contribution in [0.4, 0.5) is 14.5 Å². The highest BCUT2D eigenvalue weighted by atomic mass is 19.3. The van der Waals surface area contributed by atoms with E-state index in [0.29, 0.717) is 25.3 Å². The van der Waals surface area contributed by atoms with Gasteiger partial charge in [-0.15, -0.1) is 0 Å². The second-order valence-corrected chi connectivity index (χ2v) is 8.52. The summed E-state index contributed by atoms with van der Waals surface area (Å²) in [6.45, 7) is 3.90. The number of halogens is 2. The summed E-state index contributed by atoms with van der Waals surface area (Å²) in [6.07, 6.45) is -0.691. The number of hydrogen-bond donors (Lipinski definition) is 3. The van der Waals surface area contributed by atoms with E-state index in [4.69, 9.17) is 5.73 Å². The molecule has 3 rings (SSSR count). The van der Waals surface area contributed by atoms with Gasteiger partial charge in [0.1, 0.15) is 5.69 Å². The normalized spacial score (nSPS) is 16.7. The topological polar surface area (TPSA) is 101 Å². The van der Waals surface area contributed by atoms with Crippen LogP contribution in [0.1, 0.15) is 36.6 Å². The summed E-state index contributed by atoms with van der Waals surface area (Å²) in [5.41, 5.74) is 7.11. The minimum absolute atomic E-state index is 0.0859. The number of hydrogen-bond acceptors (Lipinski definition) is 6. The molecule has 1 saturated heterocycles. The second kappa shape index (κ2) is 9.89. The first-order chi connectivity index (χ1) is 15.2. The fraction of sp³-hybridized carbons (Fsp3) is 0.478. The third-order valence-electron chi connectivity index (χ3n) is 5.71. The van der Waals surface area contributed by atoms with Crippen molar-refractivity contribution in [2.75, 3.05) is 31.5 Å². The third-order valence-corrected chi connectivity index (χ3v) is 5.71.